The molecule has 7 heteroatoms. The van der Waals surface area contributed by atoms with Gasteiger partial charge in [-0.3, -0.25) is 14.4 Å². The van der Waals surface area contributed by atoms with E-state index in [1.54, 1.807) is 60.7 Å². The van der Waals surface area contributed by atoms with Gasteiger partial charge in [0, 0.05) is 27.4 Å². The molecule has 2 amide bonds. The molecule has 0 heterocycles. The number of anilines is 2. The number of rotatable bonds is 8. The number of halogens is 1. The molecule has 0 aliphatic rings. The van der Waals surface area contributed by atoms with Crippen LogP contribution in [0.3, 0.4) is 0 Å². The van der Waals surface area contributed by atoms with Crippen LogP contribution in [0.2, 0.25) is 5.02 Å². The lowest BCUT2D eigenvalue weighted by atomic mass is 10.0. The summed E-state index contributed by atoms with van der Waals surface area (Å²) in [6.45, 7) is 3.66. The second-order valence-corrected chi connectivity index (χ2v) is 8.88. The van der Waals surface area contributed by atoms with E-state index in [0.29, 0.717) is 27.6 Å². The van der Waals surface area contributed by atoms with Gasteiger partial charge >= 0.3 is 0 Å². The van der Waals surface area contributed by atoms with E-state index in [1.807, 2.05) is 38.1 Å². The summed E-state index contributed by atoms with van der Waals surface area (Å²) >= 11 is 6.10. The largest absolute Gasteiger partial charge is 0.484 e. The molecular weight excluding hydrogens is 488 g/mol. The van der Waals surface area contributed by atoms with Gasteiger partial charge in [0.15, 0.2) is 12.4 Å². The van der Waals surface area contributed by atoms with Crippen molar-refractivity contribution in [1.29, 1.82) is 0 Å². The van der Waals surface area contributed by atoms with Crippen LogP contribution in [-0.4, -0.2) is 24.2 Å². The Morgan fingerprint density at radius 2 is 1.49 bits per heavy atom. The standard InChI is InChI=1S/C30H25ClN2O4/c1-19-7-6-10-26(20(19)2)33-30(36)22-11-14-24(15-12-22)37-18-28(34)32-27-16-13-23(31)17-25(27)29(35)21-8-4-3-5-9-21/h3-17H,18H2,1-2H3,(H,32,34)(H,33,36). The first kappa shape index (κ1) is 25.7. The normalized spacial score (nSPS) is 10.5. The second-order valence-electron chi connectivity index (χ2n) is 8.45. The van der Waals surface area contributed by atoms with E-state index in [9.17, 15) is 14.4 Å². The Balaban J connectivity index is 1.37. The van der Waals surface area contributed by atoms with E-state index in [2.05, 4.69) is 10.6 Å². The molecule has 0 unspecified atom stereocenters. The summed E-state index contributed by atoms with van der Waals surface area (Å²) < 4.78 is 5.58. The maximum atomic E-state index is 12.9. The first-order valence-electron chi connectivity index (χ1n) is 11.6. The minimum atomic E-state index is -0.443. The molecule has 0 aliphatic heterocycles. The molecule has 0 bridgehead atoms. The number of hydrogen-bond acceptors (Lipinski definition) is 4. The number of amides is 2. The molecule has 4 aromatic rings. The summed E-state index contributed by atoms with van der Waals surface area (Å²) in [4.78, 5) is 38.1. The van der Waals surface area contributed by atoms with Crippen LogP contribution in [0.4, 0.5) is 11.4 Å². The van der Waals surface area contributed by atoms with Gasteiger partial charge in [0.2, 0.25) is 0 Å². The molecule has 186 valence electrons. The highest BCUT2D eigenvalue weighted by Gasteiger charge is 2.16. The zero-order valence-corrected chi connectivity index (χ0v) is 21.1. The number of ketones is 1. The summed E-state index contributed by atoms with van der Waals surface area (Å²) in [6, 6.07) is 25.7. The van der Waals surface area contributed by atoms with Gasteiger partial charge in [-0.25, -0.2) is 0 Å². The maximum absolute atomic E-state index is 12.9. The predicted octanol–water partition coefficient (Wildman–Crippen LogP) is 6.46. The average Bonchev–Trinajstić information content (AvgIpc) is 2.91. The van der Waals surface area contributed by atoms with Crippen molar-refractivity contribution in [3.05, 3.63) is 124 Å². The highest BCUT2D eigenvalue weighted by molar-refractivity contribution is 6.31. The summed E-state index contributed by atoms with van der Waals surface area (Å²) in [5.41, 5.74) is 4.43. The van der Waals surface area contributed by atoms with Gasteiger partial charge in [0.05, 0.1) is 5.69 Å². The Bertz CT molecular complexity index is 1450. The van der Waals surface area contributed by atoms with Gasteiger partial charge < -0.3 is 15.4 Å². The van der Waals surface area contributed by atoms with Crippen LogP contribution in [-0.2, 0) is 4.79 Å². The average molecular weight is 513 g/mol. The molecular formula is C30H25ClN2O4. The fourth-order valence-electron chi connectivity index (χ4n) is 3.68. The van der Waals surface area contributed by atoms with Gasteiger partial charge in [-0.15, -0.1) is 0 Å². The molecule has 0 saturated heterocycles. The molecule has 0 fully saturated rings. The van der Waals surface area contributed by atoms with Crippen LogP contribution in [0.25, 0.3) is 0 Å². The Morgan fingerprint density at radius 1 is 0.757 bits per heavy atom. The zero-order valence-electron chi connectivity index (χ0n) is 20.4. The van der Waals surface area contributed by atoms with Crippen LogP contribution in [0.15, 0.2) is 91.0 Å². The van der Waals surface area contributed by atoms with Gasteiger partial charge in [-0.05, 0) is 73.5 Å². The first-order chi connectivity index (χ1) is 17.8. The lowest BCUT2D eigenvalue weighted by molar-refractivity contribution is -0.118. The van der Waals surface area contributed by atoms with Crippen molar-refractivity contribution in [1.82, 2.24) is 0 Å². The monoisotopic (exact) mass is 512 g/mol. The van der Waals surface area contributed by atoms with E-state index in [4.69, 9.17) is 16.3 Å². The van der Waals surface area contributed by atoms with Crippen LogP contribution in [0, 0.1) is 13.8 Å². The number of nitrogens with one attached hydrogen (secondary N) is 2. The fourth-order valence-corrected chi connectivity index (χ4v) is 3.85. The molecule has 4 aromatic carbocycles. The number of hydrogen-bond donors (Lipinski definition) is 2. The molecule has 2 N–H and O–H groups in total. The summed E-state index contributed by atoms with van der Waals surface area (Å²) in [5, 5.41) is 6.02. The van der Waals surface area contributed by atoms with E-state index in [1.165, 1.54) is 6.07 Å². The second kappa shape index (κ2) is 11.5. The topological polar surface area (TPSA) is 84.5 Å². The Hall–Kier alpha value is -4.42. The quantitative estimate of drug-likeness (QED) is 0.265. The number of benzene rings is 4. The fraction of sp³-hybridized carbons (Fsp3) is 0.100. The lowest BCUT2D eigenvalue weighted by Gasteiger charge is -2.12. The number of ether oxygens (including phenoxy) is 1. The molecule has 0 aromatic heterocycles. The predicted molar refractivity (Wildman–Crippen MR) is 146 cm³/mol. The molecule has 4 rings (SSSR count). The van der Waals surface area contributed by atoms with Crippen molar-refractivity contribution in [2.24, 2.45) is 0 Å². The highest BCUT2D eigenvalue weighted by atomic mass is 35.5. The third-order valence-electron chi connectivity index (χ3n) is 5.88. The molecule has 0 atom stereocenters. The Morgan fingerprint density at radius 3 is 2.22 bits per heavy atom. The van der Waals surface area contributed by atoms with Crippen molar-refractivity contribution in [3.63, 3.8) is 0 Å². The van der Waals surface area contributed by atoms with E-state index >= 15 is 0 Å². The van der Waals surface area contributed by atoms with Crippen molar-refractivity contribution in [2.45, 2.75) is 13.8 Å². The van der Waals surface area contributed by atoms with E-state index < -0.39 is 5.91 Å². The number of carbonyl (C=O) groups is 3. The van der Waals surface area contributed by atoms with Crippen molar-refractivity contribution < 1.29 is 19.1 Å². The lowest BCUT2D eigenvalue weighted by Crippen LogP contribution is -2.21. The molecule has 0 saturated carbocycles. The summed E-state index contributed by atoms with van der Waals surface area (Å²) in [7, 11) is 0. The minimum Gasteiger partial charge on any atom is -0.484 e. The summed E-state index contributed by atoms with van der Waals surface area (Å²) in [6.07, 6.45) is 0. The van der Waals surface area contributed by atoms with Crippen LogP contribution < -0.4 is 15.4 Å². The Kier molecular flexibility index (Phi) is 8.01. The number of carbonyl (C=O) groups excluding carboxylic acids is 3. The molecule has 0 spiro atoms. The minimum absolute atomic E-state index is 0.239. The van der Waals surface area contributed by atoms with Crippen LogP contribution in [0.1, 0.15) is 37.4 Å². The molecule has 6 nitrogen and oxygen atoms in total. The van der Waals surface area contributed by atoms with Gasteiger partial charge in [0.1, 0.15) is 5.75 Å². The third kappa shape index (κ3) is 6.42. The number of aryl methyl sites for hydroxylation is 1. The molecule has 0 aliphatic carbocycles. The van der Waals surface area contributed by atoms with Crippen molar-refractivity contribution in [2.75, 3.05) is 17.2 Å². The van der Waals surface area contributed by atoms with Crippen molar-refractivity contribution in [3.8, 4) is 5.75 Å². The van der Waals surface area contributed by atoms with Gasteiger partial charge in [-0.1, -0.05) is 54.1 Å². The van der Waals surface area contributed by atoms with E-state index in [0.717, 1.165) is 16.8 Å². The Labute approximate surface area is 220 Å². The zero-order chi connectivity index (χ0) is 26.4. The smallest absolute Gasteiger partial charge is 0.262 e. The molecule has 0 radical (unpaired) electrons. The molecule has 37 heavy (non-hydrogen) atoms. The highest BCUT2D eigenvalue weighted by Crippen LogP contribution is 2.24. The maximum Gasteiger partial charge on any atom is 0.262 e. The van der Waals surface area contributed by atoms with Crippen LogP contribution in [0.5, 0.6) is 5.75 Å². The summed E-state index contributed by atoms with van der Waals surface area (Å²) in [5.74, 6) is -0.512. The van der Waals surface area contributed by atoms with Crippen LogP contribution >= 0.6 is 11.6 Å². The first-order valence-corrected chi connectivity index (χ1v) is 12.0. The SMILES string of the molecule is Cc1cccc(NC(=O)c2ccc(OCC(=O)Nc3ccc(Cl)cc3C(=O)c3ccccc3)cc2)c1C. The van der Waals surface area contributed by atoms with Gasteiger partial charge in [-0.2, -0.15) is 0 Å². The van der Waals surface area contributed by atoms with Gasteiger partial charge in [0.25, 0.3) is 11.8 Å². The van der Waals surface area contributed by atoms with E-state index in [-0.39, 0.29) is 23.9 Å². The third-order valence-corrected chi connectivity index (χ3v) is 6.11. The van der Waals surface area contributed by atoms with Crippen molar-refractivity contribution >= 4 is 40.6 Å².